The molecule has 37 heavy (non-hydrogen) atoms. The van der Waals surface area contributed by atoms with Crippen molar-refractivity contribution in [3.05, 3.63) is 82.5 Å². The molecule has 6 nitrogen and oxygen atoms in total. The topological polar surface area (TPSA) is 69.9 Å². The summed E-state index contributed by atoms with van der Waals surface area (Å²) in [6, 6.07) is 15.0. The summed E-state index contributed by atoms with van der Waals surface area (Å²) in [5, 5.41) is 9.97. The molecule has 0 saturated carbocycles. The normalized spacial score (nSPS) is 12.4. The molecular weight excluding hydrogens is 511 g/mol. The molecule has 4 aromatic rings. The van der Waals surface area contributed by atoms with Gasteiger partial charge in [0.2, 0.25) is 0 Å². The molecule has 4 rings (SSSR count). The molecule has 1 N–H and O–H groups in total. The van der Waals surface area contributed by atoms with E-state index >= 15 is 0 Å². The summed E-state index contributed by atoms with van der Waals surface area (Å²) >= 11 is 6.41. The van der Waals surface area contributed by atoms with Gasteiger partial charge in [-0.3, -0.25) is 0 Å². The van der Waals surface area contributed by atoms with Crippen LogP contribution in [0.5, 0.6) is 23.0 Å². The highest BCUT2D eigenvalue weighted by Crippen LogP contribution is 2.40. The Morgan fingerprint density at radius 1 is 1.03 bits per heavy atom. The van der Waals surface area contributed by atoms with Crippen molar-refractivity contribution in [2.24, 2.45) is 0 Å². The van der Waals surface area contributed by atoms with Crippen LogP contribution in [0.3, 0.4) is 0 Å². The predicted octanol–water partition coefficient (Wildman–Crippen LogP) is 7.32. The Labute approximate surface area is 215 Å². The molecule has 194 valence electrons. The number of ether oxygens (including phenoxy) is 3. The monoisotopic (exact) mass is 533 g/mol. The number of alkyl halides is 3. The number of carboxylic acids is 1. The number of carboxylic acid groups (broad SMARTS) is 1. The Kier molecular flexibility index (Phi) is 7.27. The van der Waals surface area contributed by atoms with Crippen molar-refractivity contribution in [1.82, 2.24) is 4.57 Å². The molecule has 1 aromatic heterocycles. The van der Waals surface area contributed by atoms with Gasteiger partial charge in [-0.15, -0.1) is 0 Å². The van der Waals surface area contributed by atoms with Crippen molar-refractivity contribution in [3.63, 3.8) is 0 Å². The van der Waals surface area contributed by atoms with E-state index in [9.17, 15) is 18.0 Å². The van der Waals surface area contributed by atoms with Crippen LogP contribution in [0, 0.1) is 6.92 Å². The molecule has 0 aliphatic carbocycles. The van der Waals surface area contributed by atoms with Crippen LogP contribution in [-0.2, 0) is 17.5 Å². The Morgan fingerprint density at radius 2 is 1.68 bits per heavy atom. The van der Waals surface area contributed by atoms with Crippen molar-refractivity contribution in [2.75, 3.05) is 7.11 Å². The SMILES string of the molecule is COc1ccc(Oc2c(C)n(Cc3cc(OC(C)C(=O)O)ccc3Cl)c3cc(C(F)(F)F)ccc23)cc1. The van der Waals surface area contributed by atoms with E-state index in [2.05, 4.69) is 0 Å². The highest BCUT2D eigenvalue weighted by Gasteiger charge is 2.31. The van der Waals surface area contributed by atoms with Gasteiger partial charge in [-0.2, -0.15) is 13.2 Å². The average molecular weight is 534 g/mol. The van der Waals surface area contributed by atoms with Gasteiger partial charge in [-0.1, -0.05) is 11.6 Å². The Balaban J connectivity index is 1.80. The summed E-state index contributed by atoms with van der Waals surface area (Å²) in [4.78, 5) is 11.2. The predicted molar refractivity (Wildman–Crippen MR) is 133 cm³/mol. The van der Waals surface area contributed by atoms with Crippen LogP contribution in [0.1, 0.15) is 23.7 Å². The number of methoxy groups -OCH3 is 1. The summed E-state index contributed by atoms with van der Waals surface area (Å²) in [6.45, 7) is 3.22. The third-order valence-corrected chi connectivity index (χ3v) is 6.25. The van der Waals surface area contributed by atoms with E-state index in [-0.39, 0.29) is 12.3 Å². The second kappa shape index (κ2) is 10.3. The first-order chi connectivity index (χ1) is 17.5. The molecule has 0 aliphatic heterocycles. The van der Waals surface area contributed by atoms with Gasteiger partial charge >= 0.3 is 12.1 Å². The van der Waals surface area contributed by atoms with Crippen LogP contribution < -0.4 is 14.2 Å². The van der Waals surface area contributed by atoms with Gasteiger partial charge in [0.05, 0.1) is 23.9 Å². The highest BCUT2D eigenvalue weighted by molar-refractivity contribution is 6.31. The average Bonchev–Trinajstić information content (AvgIpc) is 3.11. The number of halogens is 4. The van der Waals surface area contributed by atoms with Crippen molar-refractivity contribution < 1.29 is 37.3 Å². The van der Waals surface area contributed by atoms with Gasteiger partial charge < -0.3 is 23.9 Å². The maximum atomic E-state index is 13.6. The molecule has 1 atom stereocenters. The van der Waals surface area contributed by atoms with Crippen LogP contribution >= 0.6 is 11.6 Å². The fourth-order valence-electron chi connectivity index (χ4n) is 3.89. The molecule has 3 aromatic carbocycles. The molecule has 0 saturated heterocycles. The van der Waals surface area contributed by atoms with Gasteiger partial charge in [-0.25, -0.2) is 4.79 Å². The minimum Gasteiger partial charge on any atom is -0.497 e. The summed E-state index contributed by atoms with van der Waals surface area (Å²) in [5.74, 6) is 0.656. The van der Waals surface area contributed by atoms with Crippen molar-refractivity contribution >= 4 is 28.5 Å². The smallest absolute Gasteiger partial charge is 0.416 e. The van der Waals surface area contributed by atoms with Gasteiger partial charge in [0.1, 0.15) is 17.2 Å². The summed E-state index contributed by atoms with van der Waals surface area (Å²) in [7, 11) is 1.54. The number of fused-ring (bicyclic) bond motifs is 1. The van der Waals surface area contributed by atoms with Gasteiger partial charge in [0.15, 0.2) is 11.9 Å². The Hall–Kier alpha value is -3.85. The van der Waals surface area contributed by atoms with Crippen LogP contribution in [0.25, 0.3) is 10.9 Å². The first-order valence-electron chi connectivity index (χ1n) is 11.2. The van der Waals surface area contributed by atoms with Crippen LogP contribution in [0.2, 0.25) is 5.02 Å². The van der Waals surface area contributed by atoms with E-state index in [1.54, 1.807) is 55.0 Å². The number of carbonyl (C=O) groups is 1. The summed E-state index contributed by atoms with van der Waals surface area (Å²) < 4.78 is 59.1. The Bertz CT molecular complexity index is 1450. The zero-order valence-electron chi connectivity index (χ0n) is 20.1. The molecule has 0 aliphatic rings. The third-order valence-electron chi connectivity index (χ3n) is 5.88. The van der Waals surface area contributed by atoms with Gasteiger partial charge in [-0.05, 0) is 80.1 Å². The fourth-order valence-corrected chi connectivity index (χ4v) is 4.06. The molecule has 1 heterocycles. The van der Waals surface area contributed by atoms with E-state index in [0.29, 0.717) is 44.4 Å². The lowest BCUT2D eigenvalue weighted by atomic mass is 10.1. The first-order valence-corrected chi connectivity index (χ1v) is 11.6. The Morgan fingerprint density at radius 3 is 2.30 bits per heavy atom. The van der Waals surface area contributed by atoms with Crippen LogP contribution in [0.15, 0.2) is 60.7 Å². The van der Waals surface area contributed by atoms with Crippen molar-refractivity contribution in [3.8, 4) is 23.0 Å². The zero-order valence-corrected chi connectivity index (χ0v) is 20.9. The molecule has 0 spiro atoms. The largest absolute Gasteiger partial charge is 0.497 e. The quantitative estimate of drug-likeness (QED) is 0.257. The number of rotatable bonds is 8. The maximum absolute atomic E-state index is 13.6. The van der Waals surface area contributed by atoms with Crippen molar-refractivity contribution in [2.45, 2.75) is 32.7 Å². The van der Waals surface area contributed by atoms with E-state index in [1.807, 2.05) is 0 Å². The molecule has 10 heteroatoms. The number of hydrogen-bond acceptors (Lipinski definition) is 4. The van der Waals surface area contributed by atoms with E-state index < -0.39 is 23.8 Å². The van der Waals surface area contributed by atoms with Crippen LogP contribution in [0.4, 0.5) is 13.2 Å². The first kappa shape index (κ1) is 26.2. The highest BCUT2D eigenvalue weighted by atomic mass is 35.5. The van der Waals surface area contributed by atoms with E-state index in [1.165, 1.54) is 19.1 Å². The lowest BCUT2D eigenvalue weighted by Crippen LogP contribution is -2.22. The van der Waals surface area contributed by atoms with Crippen LogP contribution in [-0.4, -0.2) is 28.9 Å². The second-order valence-corrected chi connectivity index (χ2v) is 8.77. The standard InChI is InChI=1S/C27H23ClF3NO5/c1-15-25(37-20-7-5-19(35-3)6-8-20)22-10-4-18(27(29,30)31)13-24(22)32(15)14-17-12-21(9-11-23(17)28)36-16(2)26(33)34/h4-13,16H,14H2,1-3H3,(H,33,34). The van der Waals surface area contributed by atoms with Crippen molar-refractivity contribution in [1.29, 1.82) is 0 Å². The second-order valence-electron chi connectivity index (χ2n) is 8.36. The minimum absolute atomic E-state index is 0.0904. The number of hydrogen-bond donors (Lipinski definition) is 1. The minimum atomic E-state index is -4.54. The lowest BCUT2D eigenvalue weighted by molar-refractivity contribution is -0.144. The number of benzene rings is 3. The number of aliphatic carboxylic acids is 1. The molecule has 0 radical (unpaired) electrons. The fraction of sp³-hybridized carbons (Fsp3) is 0.222. The van der Waals surface area contributed by atoms with E-state index in [0.717, 1.165) is 12.1 Å². The number of aromatic nitrogens is 1. The molecular formula is C27H23ClF3NO5. The van der Waals surface area contributed by atoms with Gasteiger partial charge in [0.25, 0.3) is 0 Å². The van der Waals surface area contributed by atoms with Gasteiger partial charge in [0, 0.05) is 17.0 Å². The van der Waals surface area contributed by atoms with E-state index in [4.69, 9.17) is 30.9 Å². The third kappa shape index (κ3) is 5.61. The number of nitrogens with zero attached hydrogens (tertiary/aromatic N) is 1. The molecule has 0 amide bonds. The molecule has 0 fully saturated rings. The maximum Gasteiger partial charge on any atom is 0.416 e. The zero-order chi connectivity index (χ0) is 26.9. The lowest BCUT2D eigenvalue weighted by Gasteiger charge is -2.15. The molecule has 0 bridgehead atoms. The summed E-state index contributed by atoms with van der Waals surface area (Å²) in [6.07, 6.45) is -5.63. The summed E-state index contributed by atoms with van der Waals surface area (Å²) in [5.41, 5.74) is 0.613. The molecule has 1 unspecified atom stereocenters.